The Bertz CT molecular complexity index is 2350. The molecule has 1 aliphatic rings. The van der Waals surface area contributed by atoms with Crippen LogP contribution in [0.2, 0.25) is 0 Å². The van der Waals surface area contributed by atoms with Gasteiger partial charge in [0.25, 0.3) is 0 Å². The zero-order chi connectivity index (χ0) is 29.0. The normalized spacial score (nSPS) is 12.0. The van der Waals surface area contributed by atoms with Gasteiger partial charge in [0.2, 0.25) is 0 Å². The van der Waals surface area contributed by atoms with Gasteiger partial charge in [0.1, 0.15) is 0 Å². The number of nitrogens with zero attached hydrogens (tertiary/aromatic N) is 1. The van der Waals surface area contributed by atoms with Gasteiger partial charge in [-0.15, -0.1) is 0 Å². The third-order valence-electron chi connectivity index (χ3n) is 9.27. The molecule has 8 aromatic rings. The van der Waals surface area contributed by atoms with Crippen LogP contribution in [-0.2, 0) is 6.42 Å². The molecule has 0 aliphatic heterocycles. The Morgan fingerprint density at radius 3 is 1.89 bits per heavy atom. The van der Waals surface area contributed by atoms with E-state index in [0.717, 1.165) is 12.1 Å². The molecule has 1 heteroatoms. The smallest absolute Gasteiger partial charge is 0.0543 e. The first kappa shape index (κ1) is 24.9. The van der Waals surface area contributed by atoms with E-state index in [4.69, 9.17) is 0 Å². The van der Waals surface area contributed by atoms with Crippen LogP contribution in [0, 0.1) is 0 Å². The highest BCUT2D eigenvalue weighted by Gasteiger charge is 2.26. The van der Waals surface area contributed by atoms with Crippen molar-refractivity contribution in [3.8, 4) is 22.3 Å². The van der Waals surface area contributed by atoms with Crippen LogP contribution in [0.15, 0.2) is 164 Å². The molecule has 8 aromatic carbocycles. The van der Waals surface area contributed by atoms with Crippen molar-refractivity contribution in [2.45, 2.75) is 6.42 Å². The highest BCUT2D eigenvalue weighted by Crippen LogP contribution is 2.49. The molecule has 0 N–H and O–H groups in total. The summed E-state index contributed by atoms with van der Waals surface area (Å²) < 4.78 is 0. The average Bonchev–Trinajstić information content (AvgIpc) is 3.48. The Hall–Kier alpha value is -5.66. The maximum absolute atomic E-state index is 2.48. The van der Waals surface area contributed by atoms with Gasteiger partial charge in [-0.1, -0.05) is 140 Å². The van der Waals surface area contributed by atoms with Crippen LogP contribution < -0.4 is 4.90 Å². The first-order valence-corrected chi connectivity index (χ1v) is 15.3. The summed E-state index contributed by atoms with van der Waals surface area (Å²) in [5.74, 6) is 0. The van der Waals surface area contributed by atoms with E-state index in [1.807, 2.05) is 0 Å². The first-order valence-electron chi connectivity index (χ1n) is 15.3. The monoisotopic (exact) mass is 559 g/mol. The minimum absolute atomic E-state index is 0.966. The predicted molar refractivity (Wildman–Crippen MR) is 187 cm³/mol. The van der Waals surface area contributed by atoms with Crippen molar-refractivity contribution in [1.82, 2.24) is 0 Å². The largest absolute Gasteiger partial charge is 0.309 e. The Kier molecular flexibility index (Phi) is 5.64. The Balaban J connectivity index is 1.30. The van der Waals surface area contributed by atoms with Crippen molar-refractivity contribution in [3.05, 3.63) is 175 Å². The molecule has 1 aliphatic carbocycles. The van der Waals surface area contributed by atoms with Crippen LogP contribution in [0.25, 0.3) is 54.6 Å². The molecule has 1 nitrogen and oxygen atoms in total. The number of rotatable bonds is 4. The van der Waals surface area contributed by atoms with E-state index in [1.54, 1.807) is 0 Å². The molecule has 0 saturated heterocycles. The molecular weight excluding hydrogens is 530 g/mol. The second kappa shape index (κ2) is 9.97. The highest BCUT2D eigenvalue weighted by molar-refractivity contribution is 6.19. The minimum atomic E-state index is 0.966. The minimum Gasteiger partial charge on any atom is -0.309 e. The van der Waals surface area contributed by atoms with E-state index in [1.165, 1.54) is 77.1 Å². The summed E-state index contributed by atoms with van der Waals surface area (Å²) in [6, 6.07) is 60.0. The molecule has 9 rings (SSSR count). The zero-order valence-electron chi connectivity index (χ0n) is 24.2. The van der Waals surface area contributed by atoms with Crippen LogP contribution in [0.3, 0.4) is 0 Å². The standard InChI is InChI=1S/C43H29N/c1-2-10-29(11-3-1)30-20-23-34(24-21-30)44(42-19-8-14-33-28-32-13-5-7-16-36(32)43(33)42)41-18-9-17-37-39-25-22-31-12-4-6-15-35(31)38(39)26-27-40(37)41/h1-27H,28H2. The van der Waals surface area contributed by atoms with Gasteiger partial charge in [-0.2, -0.15) is 0 Å². The maximum atomic E-state index is 2.48. The molecule has 206 valence electrons. The summed E-state index contributed by atoms with van der Waals surface area (Å²) >= 11 is 0. The summed E-state index contributed by atoms with van der Waals surface area (Å²) in [6.45, 7) is 0. The van der Waals surface area contributed by atoms with E-state index >= 15 is 0 Å². The molecule has 0 bridgehead atoms. The van der Waals surface area contributed by atoms with Gasteiger partial charge in [-0.05, 0) is 85.4 Å². The third-order valence-corrected chi connectivity index (χ3v) is 9.27. The Morgan fingerprint density at radius 1 is 0.364 bits per heavy atom. The Labute approximate surface area is 257 Å². The third kappa shape index (κ3) is 3.87. The molecular formula is C43H29N. The number of hydrogen-bond acceptors (Lipinski definition) is 1. The van der Waals surface area contributed by atoms with Gasteiger partial charge >= 0.3 is 0 Å². The zero-order valence-corrected chi connectivity index (χ0v) is 24.2. The number of fused-ring (bicyclic) bond motifs is 8. The quantitative estimate of drug-likeness (QED) is 0.194. The molecule has 44 heavy (non-hydrogen) atoms. The summed E-state index contributed by atoms with van der Waals surface area (Å²) in [5, 5.41) is 7.65. The second-order valence-corrected chi connectivity index (χ2v) is 11.7. The van der Waals surface area contributed by atoms with Crippen LogP contribution in [0.5, 0.6) is 0 Å². The topological polar surface area (TPSA) is 3.24 Å². The molecule has 0 amide bonds. The average molecular weight is 560 g/mol. The lowest BCUT2D eigenvalue weighted by atomic mass is 9.95. The van der Waals surface area contributed by atoms with Crippen molar-refractivity contribution < 1.29 is 0 Å². The van der Waals surface area contributed by atoms with E-state index in [2.05, 4.69) is 169 Å². The molecule has 0 aromatic heterocycles. The Morgan fingerprint density at radius 2 is 0.977 bits per heavy atom. The molecule has 0 heterocycles. The summed E-state index contributed by atoms with van der Waals surface area (Å²) in [7, 11) is 0. The number of anilines is 3. The van der Waals surface area contributed by atoms with Crippen LogP contribution in [0.1, 0.15) is 11.1 Å². The van der Waals surface area contributed by atoms with Crippen LogP contribution >= 0.6 is 0 Å². The lowest BCUT2D eigenvalue weighted by Crippen LogP contribution is -2.12. The van der Waals surface area contributed by atoms with E-state index < -0.39 is 0 Å². The highest BCUT2D eigenvalue weighted by atomic mass is 15.1. The van der Waals surface area contributed by atoms with Gasteiger partial charge in [-0.25, -0.2) is 0 Å². The molecule has 0 saturated carbocycles. The fourth-order valence-corrected chi connectivity index (χ4v) is 7.23. The van der Waals surface area contributed by atoms with Gasteiger partial charge in [0.05, 0.1) is 11.4 Å². The molecule has 0 fully saturated rings. The van der Waals surface area contributed by atoms with Crippen LogP contribution in [-0.4, -0.2) is 0 Å². The lowest BCUT2D eigenvalue weighted by molar-refractivity contribution is 1.25. The SMILES string of the molecule is c1ccc(-c2ccc(N(c3cccc4c3-c3ccccc3C4)c3cccc4c3ccc3c5ccccc5ccc43)cc2)cc1. The summed E-state index contributed by atoms with van der Waals surface area (Å²) in [4.78, 5) is 2.48. The number of benzene rings is 8. The van der Waals surface area contributed by atoms with Crippen molar-refractivity contribution >= 4 is 49.4 Å². The van der Waals surface area contributed by atoms with E-state index in [9.17, 15) is 0 Å². The van der Waals surface area contributed by atoms with E-state index in [-0.39, 0.29) is 0 Å². The maximum Gasteiger partial charge on any atom is 0.0543 e. The molecule has 0 radical (unpaired) electrons. The van der Waals surface area contributed by atoms with Crippen molar-refractivity contribution in [2.24, 2.45) is 0 Å². The number of hydrogen-bond donors (Lipinski definition) is 0. The predicted octanol–water partition coefficient (Wildman–Crippen LogP) is 11.9. The fraction of sp³-hybridized carbons (Fsp3) is 0.0233. The van der Waals surface area contributed by atoms with Crippen molar-refractivity contribution in [3.63, 3.8) is 0 Å². The van der Waals surface area contributed by atoms with Crippen molar-refractivity contribution in [2.75, 3.05) is 4.90 Å². The van der Waals surface area contributed by atoms with Gasteiger partial charge in [0.15, 0.2) is 0 Å². The second-order valence-electron chi connectivity index (χ2n) is 11.7. The van der Waals surface area contributed by atoms with Gasteiger partial charge in [-0.3, -0.25) is 0 Å². The van der Waals surface area contributed by atoms with Crippen LogP contribution in [0.4, 0.5) is 17.1 Å². The van der Waals surface area contributed by atoms with Gasteiger partial charge in [0, 0.05) is 16.6 Å². The summed E-state index contributed by atoms with van der Waals surface area (Å²) in [5.41, 5.74) is 11.4. The molecule has 0 unspecified atom stereocenters. The summed E-state index contributed by atoms with van der Waals surface area (Å²) in [6.07, 6.45) is 0.966. The van der Waals surface area contributed by atoms with E-state index in [0.29, 0.717) is 0 Å². The fourth-order valence-electron chi connectivity index (χ4n) is 7.23. The lowest BCUT2D eigenvalue weighted by Gasteiger charge is -2.29. The molecule has 0 spiro atoms. The molecule has 0 atom stereocenters. The van der Waals surface area contributed by atoms with Gasteiger partial charge < -0.3 is 4.90 Å². The first-order chi connectivity index (χ1) is 21.8. The van der Waals surface area contributed by atoms with Crippen molar-refractivity contribution in [1.29, 1.82) is 0 Å².